The molecule has 0 saturated heterocycles. The smallest absolute Gasteiger partial charge is 0.322 e. The van der Waals surface area contributed by atoms with Crippen LogP contribution < -0.4 is 10.6 Å². The zero-order valence-corrected chi connectivity index (χ0v) is 11.9. The maximum atomic E-state index is 11.8. The number of urea groups is 1. The average Bonchev–Trinajstić information content (AvgIpc) is 2.99. The van der Waals surface area contributed by atoms with Gasteiger partial charge >= 0.3 is 6.03 Å². The highest BCUT2D eigenvalue weighted by molar-refractivity contribution is 7.09. The Morgan fingerprint density at radius 2 is 2.37 bits per heavy atom. The fourth-order valence-electron chi connectivity index (χ4n) is 1.50. The van der Waals surface area contributed by atoms with Gasteiger partial charge in [0.2, 0.25) is 5.95 Å². The summed E-state index contributed by atoms with van der Waals surface area (Å²) >= 11 is 1.60. The molecular formula is C11H16N6OS. The second-order valence-corrected chi connectivity index (χ2v) is 4.99. The van der Waals surface area contributed by atoms with E-state index in [1.54, 1.807) is 18.4 Å². The number of aromatic nitrogens is 4. The van der Waals surface area contributed by atoms with Crippen molar-refractivity contribution in [2.45, 2.75) is 26.3 Å². The molecule has 1 atom stereocenters. The second-order valence-electron chi connectivity index (χ2n) is 4.05. The Balaban J connectivity index is 1.93. The summed E-state index contributed by atoms with van der Waals surface area (Å²) in [5.74, 6) is 0.400. The molecule has 0 fully saturated rings. The van der Waals surface area contributed by atoms with Crippen molar-refractivity contribution in [2.24, 2.45) is 7.05 Å². The summed E-state index contributed by atoms with van der Waals surface area (Å²) in [5, 5.41) is 12.3. The minimum Gasteiger partial charge on any atom is -0.330 e. The first-order chi connectivity index (χ1) is 9.10. The van der Waals surface area contributed by atoms with E-state index in [4.69, 9.17) is 0 Å². The minimum atomic E-state index is -0.324. The lowest BCUT2D eigenvalue weighted by Gasteiger charge is -2.12. The van der Waals surface area contributed by atoms with Crippen molar-refractivity contribution in [2.75, 3.05) is 5.32 Å². The molecule has 0 aliphatic heterocycles. The van der Waals surface area contributed by atoms with Crippen molar-refractivity contribution in [3.63, 3.8) is 0 Å². The number of rotatable bonds is 4. The first kappa shape index (κ1) is 13.5. The fraction of sp³-hybridized carbons (Fsp3) is 0.455. The molecule has 0 radical (unpaired) electrons. The van der Waals surface area contributed by atoms with E-state index in [0.29, 0.717) is 5.95 Å². The molecule has 102 valence electrons. The molecule has 2 aromatic rings. The first-order valence-corrected chi connectivity index (χ1v) is 6.84. The van der Waals surface area contributed by atoms with Crippen molar-refractivity contribution in [3.8, 4) is 0 Å². The maximum absolute atomic E-state index is 11.8. The highest BCUT2D eigenvalue weighted by atomic mass is 32.1. The van der Waals surface area contributed by atoms with E-state index in [2.05, 4.69) is 32.6 Å². The summed E-state index contributed by atoms with van der Waals surface area (Å²) in [6, 6.07) is -0.473. The van der Waals surface area contributed by atoms with Crippen LogP contribution in [0.5, 0.6) is 0 Å². The number of carbonyl (C=O) groups is 1. The number of nitrogens with zero attached hydrogens (tertiary/aromatic N) is 4. The zero-order valence-electron chi connectivity index (χ0n) is 11.0. The van der Waals surface area contributed by atoms with Gasteiger partial charge in [0.1, 0.15) is 6.33 Å². The summed E-state index contributed by atoms with van der Waals surface area (Å²) in [6.07, 6.45) is 2.29. The molecule has 19 heavy (non-hydrogen) atoms. The predicted octanol–water partition coefficient (Wildman–Crippen LogP) is 1.72. The first-order valence-electron chi connectivity index (χ1n) is 5.96. The molecule has 2 amide bonds. The summed E-state index contributed by atoms with van der Waals surface area (Å²) in [5.41, 5.74) is 0.870. The molecule has 0 unspecified atom stereocenters. The van der Waals surface area contributed by atoms with Crippen LogP contribution in [0.4, 0.5) is 10.7 Å². The normalized spacial score (nSPS) is 12.2. The van der Waals surface area contributed by atoms with Crippen molar-refractivity contribution < 1.29 is 4.79 Å². The predicted molar refractivity (Wildman–Crippen MR) is 73.1 cm³/mol. The van der Waals surface area contributed by atoms with E-state index < -0.39 is 0 Å². The fourth-order valence-corrected chi connectivity index (χ4v) is 2.34. The Labute approximate surface area is 115 Å². The van der Waals surface area contributed by atoms with Crippen LogP contribution in [0.25, 0.3) is 0 Å². The summed E-state index contributed by atoms with van der Waals surface area (Å²) in [4.78, 5) is 20.2. The Morgan fingerprint density at radius 1 is 1.58 bits per heavy atom. The van der Waals surface area contributed by atoms with Gasteiger partial charge in [-0.1, -0.05) is 6.92 Å². The average molecular weight is 280 g/mol. The summed E-state index contributed by atoms with van der Waals surface area (Å²) < 4.78 is 1.49. The van der Waals surface area contributed by atoms with Crippen LogP contribution in [0.15, 0.2) is 11.7 Å². The number of nitrogens with one attached hydrogen (secondary N) is 2. The standard InChI is InChI=1S/C11H16N6OS/c1-4-9-15-8(5-19-9)7(2)14-11(18)16-10-12-6-13-17(10)3/h5-7H,4H2,1-3H3,(H2,12,13,14,16,18)/t7-/m1/s1. The number of hydrogen-bond acceptors (Lipinski definition) is 5. The van der Waals surface area contributed by atoms with Crippen LogP contribution in [0.2, 0.25) is 0 Å². The molecule has 0 spiro atoms. The molecule has 0 saturated carbocycles. The van der Waals surface area contributed by atoms with Crippen LogP contribution in [-0.4, -0.2) is 25.8 Å². The van der Waals surface area contributed by atoms with Gasteiger partial charge in [-0.05, 0) is 13.3 Å². The molecular weight excluding hydrogens is 264 g/mol. The van der Waals surface area contributed by atoms with Gasteiger partial charge in [0.05, 0.1) is 16.7 Å². The highest BCUT2D eigenvalue weighted by Crippen LogP contribution is 2.16. The third kappa shape index (κ3) is 3.28. The number of aryl methyl sites for hydroxylation is 2. The molecule has 2 aromatic heterocycles. The number of anilines is 1. The van der Waals surface area contributed by atoms with E-state index in [9.17, 15) is 4.79 Å². The molecule has 7 nitrogen and oxygen atoms in total. The van der Waals surface area contributed by atoms with E-state index in [1.165, 1.54) is 11.0 Å². The van der Waals surface area contributed by atoms with E-state index >= 15 is 0 Å². The monoisotopic (exact) mass is 280 g/mol. The van der Waals surface area contributed by atoms with Gasteiger partial charge in [-0.25, -0.2) is 14.5 Å². The number of hydrogen-bond donors (Lipinski definition) is 2. The third-order valence-corrected chi connectivity index (χ3v) is 3.61. The van der Waals surface area contributed by atoms with Crippen LogP contribution in [0, 0.1) is 0 Å². The van der Waals surface area contributed by atoms with E-state index in [-0.39, 0.29) is 12.1 Å². The summed E-state index contributed by atoms with van der Waals surface area (Å²) in [6.45, 7) is 3.95. The van der Waals surface area contributed by atoms with E-state index in [1.807, 2.05) is 12.3 Å². The zero-order chi connectivity index (χ0) is 13.8. The Kier molecular flexibility index (Phi) is 4.10. The van der Waals surface area contributed by atoms with Crippen LogP contribution in [0.1, 0.15) is 30.6 Å². The third-order valence-electron chi connectivity index (χ3n) is 2.60. The Hall–Kier alpha value is -1.96. The van der Waals surface area contributed by atoms with Gasteiger partial charge in [-0.3, -0.25) is 5.32 Å². The molecule has 2 heterocycles. The maximum Gasteiger partial charge on any atom is 0.322 e. The van der Waals surface area contributed by atoms with Gasteiger partial charge in [0.25, 0.3) is 0 Å². The van der Waals surface area contributed by atoms with Crippen LogP contribution in [-0.2, 0) is 13.5 Å². The molecule has 8 heteroatoms. The van der Waals surface area contributed by atoms with E-state index in [0.717, 1.165) is 17.1 Å². The lowest BCUT2D eigenvalue weighted by molar-refractivity contribution is 0.249. The topological polar surface area (TPSA) is 84.7 Å². The lowest BCUT2D eigenvalue weighted by atomic mass is 10.3. The lowest BCUT2D eigenvalue weighted by Crippen LogP contribution is -2.32. The highest BCUT2D eigenvalue weighted by Gasteiger charge is 2.13. The Morgan fingerprint density at radius 3 is 2.95 bits per heavy atom. The van der Waals surface area contributed by atoms with Crippen LogP contribution in [0.3, 0.4) is 0 Å². The van der Waals surface area contributed by atoms with Gasteiger partial charge in [-0.15, -0.1) is 11.3 Å². The van der Waals surface area contributed by atoms with Gasteiger partial charge < -0.3 is 5.32 Å². The van der Waals surface area contributed by atoms with Gasteiger partial charge in [-0.2, -0.15) is 10.1 Å². The van der Waals surface area contributed by atoms with Gasteiger partial charge in [0, 0.05) is 12.4 Å². The molecule has 0 aromatic carbocycles. The minimum absolute atomic E-state index is 0.148. The SMILES string of the molecule is CCc1nc([C@@H](C)NC(=O)Nc2ncnn2C)cs1. The van der Waals surface area contributed by atoms with Crippen LogP contribution >= 0.6 is 11.3 Å². The quantitative estimate of drug-likeness (QED) is 0.893. The molecule has 0 bridgehead atoms. The largest absolute Gasteiger partial charge is 0.330 e. The van der Waals surface area contributed by atoms with Gasteiger partial charge in [0.15, 0.2) is 0 Å². The molecule has 2 rings (SSSR count). The van der Waals surface area contributed by atoms with Crippen molar-refractivity contribution in [3.05, 3.63) is 22.4 Å². The van der Waals surface area contributed by atoms with Crippen molar-refractivity contribution in [1.29, 1.82) is 0 Å². The molecule has 0 aliphatic rings. The summed E-state index contributed by atoms with van der Waals surface area (Å²) in [7, 11) is 1.71. The van der Waals surface area contributed by atoms with Crippen molar-refractivity contribution in [1.82, 2.24) is 25.1 Å². The number of thiazole rings is 1. The second kappa shape index (κ2) is 5.79. The molecule has 0 aliphatic carbocycles. The number of amides is 2. The Bertz CT molecular complexity index is 563. The van der Waals surface area contributed by atoms with Crippen molar-refractivity contribution >= 4 is 23.3 Å². The number of carbonyl (C=O) groups excluding carboxylic acids is 1. The molecule has 2 N–H and O–H groups in total.